The first-order valence-electron chi connectivity index (χ1n) is 6.28. The van der Waals surface area contributed by atoms with Crippen molar-refractivity contribution in [1.82, 2.24) is 14.9 Å². The van der Waals surface area contributed by atoms with E-state index in [-0.39, 0.29) is 0 Å². The molecule has 0 radical (unpaired) electrons. The van der Waals surface area contributed by atoms with Crippen LogP contribution in [0.3, 0.4) is 0 Å². The third-order valence-corrected chi connectivity index (χ3v) is 5.47. The third-order valence-electron chi connectivity index (χ3n) is 3.33. The molecule has 3 rings (SSSR count). The number of thiophene rings is 2. The van der Waals surface area contributed by atoms with Crippen molar-refractivity contribution in [2.75, 3.05) is 7.05 Å². The molecular weight excluding hydrogens is 310 g/mol. The molecule has 0 saturated heterocycles. The van der Waals surface area contributed by atoms with Crippen LogP contribution in [0.2, 0.25) is 5.15 Å². The molecule has 104 valence electrons. The molecule has 0 aliphatic heterocycles. The van der Waals surface area contributed by atoms with Gasteiger partial charge < -0.3 is 0 Å². The zero-order valence-corrected chi connectivity index (χ0v) is 13.6. The molecule has 3 nitrogen and oxygen atoms in total. The molecule has 0 bridgehead atoms. The lowest BCUT2D eigenvalue weighted by molar-refractivity contribution is 0.250. The monoisotopic (exact) mass is 323 g/mol. The Kier molecular flexibility index (Phi) is 4.03. The maximum atomic E-state index is 6.21. The van der Waals surface area contributed by atoms with Gasteiger partial charge in [0.2, 0.25) is 0 Å². The fraction of sp³-hybridized carbons (Fsp3) is 0.286. The van der Waals surface area contributed by atoms with E-state index in [2.05, 4.69) is 46.4 Å². The van der Waals surface area contributed by atoms with E-state index in [9.17, 15) is 0 Å². The largest absolute Gasteiger partial charge is 0.291 e. The average Bonchev–Trinajstić information content (AvgIpc) is 3.08. The highest BCUT2D eigenvalue weighted by Crippen LogP contribution is 2.27. The summed E-state index contributed by atoms with van der Waals surface area (Å²) < 4.78 is 0. The number of aromatic nitrogens is 2. The Balaban J connectivity index is 1.82. The highest BCUT2D eigenvalue weighted by molar-refractivity contribution is 7.16. The first kappa shape index (κ1) is 13.9. The van der Waals surface area contributed by atoms with Gasteiger partial charge in [0, 0.05) is 16.3 Å². The maximum absolute atomic E-state index is 6.21. The van der Waals surface area contributed by atoms with E-state index in [4.69, 9.17) is 11.6 Å². The molecule has 0 N–H and O–H groups in total. The van der Waals surface area contributed by atoms with Crippen molar-refractivity contribution in [1.29, 1.82) is 0 Å². The Morgan fingerprint density at radius 3 is 2.85 bits per heavy atom. The second-order valence-electron chi connectivity index (χ2n) is 4.68. The number of hydrogen-bond acceptors (Lipinski definition) is 5. The van der Waals surface area contributed by atoms with Gasteiger partial charge in [0.25, 0.3) is 0 Å². The number of hydrogen-bond donors (Lipinski definition) is 0. The topological polar surface area (TPSA) is 29.0 Å². The maximum Gasteiger partial charge on any atom is 0.145 e. The van der Waals surface area contributed by atoms with Gasteiger partial charge in [0.05, 0.1) is 6.54 Å². The van der Waals surface area contributed by atoms with Gasteiger partial charge in [-0.2, -0.15) is 0 Å². The highest BCUT2D eigenvalue weighted by Gasteiger charge is 2.15. The number of rotatable bonds is 4. The van der Waals surface area contributed by atoms with Crippen molar-refractivity contribution in [2.24, 2.45) is 0 Å². The average molecular weight is 324 g/mol. The molecule has 0 fully saturated rings. The Morgan fingerprint density at radius 2 is 2.10 bits per heavy atom. The van der Waals surface area contributed by atoms with Crippen LogP contribution in [0.1, 0.15) is 23.7 Å². The van der Waals surface area contributed by atoms with E-state index >= 15 is 0 Å². The summed E-state index contributed by atoms with van der Waals surface area (Å²) in [6.45, 7) is 2.88. The molecule has 6 heteroatoms. The van der Waals surface area contributed by atoms with Gasteiger partial charge in [-0.05, 0) is 36.9 Å². The summed E-state index contributed by atoms with van der Waals surface area (Å²) in [6.07, 6.45) is 0. The van der Waals surface area contributed by atoms with E-state index in [1.54, 1.807) is 22.7 Å². The second kappa shape index (κ2) is 5.77. The number of halogens is 1. The van der Waals surface area contributed by atoms with E-state index in [0.29, 0.717) is 17.7 Å². The van der Waals surface area contributed by atoms with Crippen molar-refractivity contribution in [3.05, 3.63) is 44.8 Å². The van der Waals surface area contributed by atoms with Crippen LogP contribution in [0, 0.1) is 0 Å². The van der Waals surface area contributed by atoms with Gasteiger partial charge in [-0.15, -0.1) is 22.7 Å². The minimum absolute atomic E-state index is 0.344. The van der Waals surface area contributed by atoms with Gasteiger partial charge in [0.15, 0.2) is 0 Å². The Bertz CT molecular complexity index is 708. The molecule has 0 aromatic carbocycles. The van der Waals surface area contributed by atoms with E-state index in [0.717, 1.165) is 16.0 Å². The van der Waals surface area contributed by atoms with Crippen LogP contribution in [-0.4, -0.2) is 21.9 Å². The van der Waals surface area contributed by atoms with Crippen molar-refractivity contribution in [3.8, 4) is 0 Å². The first-order valence-corrected chi connectivity index (χ1v) is 8.42. The van der Waals surface area contributed by atoms with Crippen LogP contribution in [0.15, 0.2) is 29.0 Å². The smallest absolute Gasteiger partial charge is 0.145 e. The lowest BCUT2D eigenvalue weighted by Crippen LogP contribution is -2.22. The minimum atomic E-state index is 0.344. The molecular formula is C14H14ClN3S2. The normalized spacial score (nSPS) is 13.2. The second-order valence-corrected chi connectivity index (χ2v) is 6.91. The molecule has 0 spiro atoms. The van der Waals surface area contributed by atoms with Crippen LogP contribution in [0.5, 0.6) is 0 Å². The summed E-state index contributed by atoms with van der Waals surface area (Å²) in [5.74, 6) is 0.774. The minimum Gasteiger partial charge on any atom is -0.291 e. The molecule has 0 aliphatic rings. The summed E-state index contributed by atoms with van der Waals surface area (Å²) in [5.41, 5.74) is 0. The molecule has 3 aromatic rings. The van der Waals surface area contributed by atoms with Crippen molar-refractivity contribution >= 4 is 44.5 Å². The van der Waals surface area contributed by atoms with Crippen molar-refractivity contribution in [3.63, 3.8) is 0 Å². The van der Waals surface area contributed by atoms with Gasteiger partial charge >= 0.3 is 0 Å². The summed E-state index contributed by atoms with van der Waals surface area (Å²) >= 11 is 9.57. The summed E-state index contributed by atoms with van der Waals surface area (Å²) in [6, 6.07) is 6.54. The molecule has 0 aliphatic carbocycles. The van der Waals surface area contributed by atoms with Crippen molar-refractivity contribution in [2.45, 2.75) is 19.5 Å². The van der Waals surface area contributed by atoms with Crippen LogP contribution in [0.25, 0.3) is 10.2 Å². The third kappa shape index (κ3) is 2.72. The Hall–Kier alpha value is -1.01. The zero-order chi connectivity index (χ0) is 14.1. The van der Waals surface area contributed by atoms with Gasteiger partial charge in [-0.25, -0.2) is 9.97 Å². The predicted octanol–water partition coefficient (Wildman–Crippen LogP) is 4.60. The zero-order valence-electron chi connectivity index (χ0n) is 11.2. The van der Waals surface area contributed by atoms with E-state index in [1.807, 2.05) is 11.4 Å². The van der Waals surface area contributed by atoms with Crippen LogP contribution in [0.4, 0.5) is 0 Å². The van der Waals surface area contributed by atoms with Crippen LogP contribution >= 0.6 is 34.3 Å². The van der Waals surface area contributed by atoms with Crippen LogP contribution in [-0.2, 0) is 6.54 Å². The predicted molar refractivity (Wildman–Crippen MR) is 86.6 cm³/mol. The summed E-state index contributed by atoms with van der Waals surface area (Å²) in [4.78, 5) is 13.5. The van der Waals surface area contributed by atoms with Gasteiger partial charge in [-0.1, -0.05) is 17.7 Å². The molecule has 3 heterocycles. The standard InChI is InChI=1S/C14H14ClN3S2/c1-9(11-4-3-6-19-11)18(2)8-12-16-13(15)10-5-7-20-14(10)17-12/h3-7,9H,8H2,1-2H3. The van der Waals surface area contributed by atoms with Gasteiger partial charge in [0.1, 0.15) is 15.8 Å². The fourth-order valence-corrected chi connectivity index (χ4v) is 3.97. The highest BCUT2D eigenvalue weighted by atomic mass is 35.5. The van der Waals surface area contributed by atoms with Crippen molar-refractivity contribution < 1.29 is 0 Å². The first-order chi connectivity index (χ1) is 9.65. The van der Waals surface area contributed by atoms with Gasteiger partial charge in [-0.3, -0.25) is 4.90 Å². The van der Waals surface area contributed by atoms with E-state index < -0.39 is 0 Å². The Morgan fingerprint density at radius 1 is 1.25 bits per heavy atom. The molecule has 20 heavy (non-hydrogen) atoms. The van der Waals surface area contributed by atoms with E-state index in [1.165, 1.54) is 4.88 Å². The molecule has 1 atom stereocenters. The quantitative estimate of drug-likeness (QED) is 0.657. The summed E-state index contributed by atoms with van der Waals surface area (Å²) in [5, 5.41) is 5.58. The molecule has 0 saturated carbocycles. The SMILES string of the molecule is CC(c1cccs1)N(C)Cc1nc(Cl)c2ccsc2n1. The number of nitrogens with zero attached hydrogens (tertiary/aromatic N) is 3. The molecule has 0 amide bonds. The summed E-state index contributed by atoms with van der Waals surface area (Å²) in [7, 11) is 2.08. The lowest BCUT2D eigenvalue weighted by Gasteiger charge is -2.22. The molecule has 1 unspecified atom stereocenters. The Labute approximate surface area is 130 Å². The van der Waals surface area contributed by atoms with Crippen LogP contribution < -0.4 is 0 Å². The molecule has 3 aromatic heterocycles. The number of fused-ring (bicyclic) bond motifs is 1. The lowest BCUT2D eigenvalue weighted by atomic mass is 10.2. The fourth-order valence-electron chi connectivity index (χ4n) is 2.04.